The molecule has 1 aliphatic heterocycles. The number of benzene rings is 1. The number of hydrogen-bond acceptors (Lipinski definition) is 9. The summed E-state index contributed by atoms with van der Waals surface area (Å²) in [4.78, 5) is 57.3. The Labute approximate surface area is 295 Å². The van der Waals surface area contributed by atoms with Crippen LogP contribution < -0.4 is 16.1 Å². The molecule has 1 aliphatic rings. The molecule has 2 heterocycles. The van der Waals surface area contributed by atoms with E-state index >= 15 is 0 Å². The predicted molar refractivity (Wildman–Crippen MR) is 185 cm³/mol. The number of amides is 3. The zero-order chi connectivity index (χ0) is 35.8. The molecular weight excluding hydrogens is 685 g/mol. The molecule has 0 aliphatic carbocycles. The van der Waals surface area contributed by atoms with Crippen LogP contribution in [0.1, 0.15) is 64.8 Å². The number of alkyl halides is 3. The topological polar surface area (TPSA) is 159 Å². The summed E-state index contributed by atoms with van der Waals surface area (Å²) < 4.78 is 8.66. The van der Waals surface area contributed by atoms with E-state index in [0.717, 1.165) is 10.9 Å². The number of nitrogens with zero attached hydrogens (tertiary/aromatic N) is 2. The highest BCUT2D eigenvalue weighted by Gasteiger charge is 2.37. The molecule has 12 nitrogen and oxygen atoms in total. The Morgan fingerprint density at radius 2 is 1.79 bits per heavy atom. The number of carbonyl (C=O) groups excluding carboxylic acids is 4. The third-order valence-corrected chi connectivity index (χ3v) is 8.18. The number of aliphatic hydroxyl groups excluding tert-OH is 1. The van der Waals surface area contributed by atoms with Gasteiger partial charge in [-0.05, 0) is 57.2 Å². The zero-order valence-electron chi connectivity index (χ0n) is 27.9. The maximum absolute atomic E-state index is 13.7. The van der Waals surface area contributed by atoms with Crippen molar-refractivity contribution < 1.29 is 33.8 Å². The van der Waals surface area contributed by atoms with E-state index in [1.165, 1.54) is 19.0 Å². The van der Waals surface area contributed by atoms with Gasteiger partial charge in [0, 0.05) is 19.0 Å². The fraction of sp³-hybridized carbons (Fsp3) is 0.545. The van der Waals surface area contributed by atoms with Crippen molar-refractivity contribution in [1.29, 1.82) is 0 Å². The molecule has 3 amide bonds. The molecule has 0 unspecified atom stereocenters. The van der Waals surface area contributed by atoms with Crippen LogP contribution in [0.4, 0.5) is 0 Å². The van der Waals surface area contributed by atoms with Crippen molar-refractivity contribution >= 4 is 75.5 Å². The van der Waals surface area contributed by atoms with Crippen molar-refractivity contribution in [1.82, 2.24) is 26.1 Å². The number of aliphatic hydroxyl groups is 1. The molecule has 3 rings (SSSR count). The number of ether oxygens (including phenoxy) is 2. The van der Waals surface area contributed by atoms with Crippen LogP contribution >= 0.6 is 34.8 Å². The first kappa shape index (κ1) is 39.4. The van der Waals surface area contributed by atoms with E-state index in [2.05, 4.69) is 21.0 Å². The number of methoxy groups -OCH3 is 1. The van der Waals surface area contributed by atoms with Gasteiger partial charge in [0.2, 0.25) is 15.6 Å². The first-order chi connectivity index (χ1) is 22.4. The predicted octanol–water partition coefficient (Wildman–Crippen LogP) is 4.01. The quantitative estimate of drug-likeness (QED) is 0.177. The van der Waals surface area contributed by atoms with Crippen molar-refractivity contribution in [3.05, 3.63) is 47.7 Å². The highest BCUT2D eigenvalue weighted by molar-refractivity contribution is 6.67. The maximum atomic E-state index is 13.7. The van der Waals surface area contributed by atoms with Crippen LogP contribution in [0.5, 0.6) is 0 Å². The fourth-order valence-electron chi connectivity index (χ4n) is 5.06. The van der Waals surface area contributed by atoms with Crippen LogP contribution in [0.3, 0.4) is 0 Å². The van der Waals surface area contributed by atoms with E-state index in [-0.39, 0.29) is 12.5 Å². The van der Waals surface area contributed by atoms with Crippen LogP contribution in [0, 0.1) is 11.3 Å². The number of aromatic nitrogens is 1. The minimum absolute atomic E-state index is 0.0283. The monoisotopic (exact) mass is 727 g/mol. The molecule has 48 heavy (non-hydrogen) atoms. The van der Waals surface area contributed by atoms with E-state index in [4.69, 9.17) is 44.3 Å². The summed E-state index contributed by atoms with van der Waals surface area (Å²) in [5.41, 5.74) is 3.70. The fourth-order valence-corrected chi connectivity index (χ4v) is 5.23. The Morgan fingerprint density at radius 3 is 2.42 bits per heavy atom. The van der Waals surface area contributed by atoms with Crippen LogP contribution in [-0.4, -0.2) is 87.6 Å². The molecule has 0 saturated carbocycles. The number of nitrogens with one attached hydrogen (secondary N) is 3. The van der Waals surface area contributed by atoms with E-state index in [1.807, 2.05) is 24.3 Å². The van der Waals surface area contributed by atoms with Gasteiger partial charge in [0.25, 0.3) is 5.91 Å². The van der Waals surface area contributed by atoms with Gasteiger partial charge in [-0.15, -0.1) is 0 Å². The standard InChI is InChI=1S/C33H44Cl3N5O7/c1-19(2)27(28(43)37-20(3)29(44)41-15-7-8-25(40-41)30(45)48-18-33(34,35)36)39-31(46)32(5,17-47-6)14-13-22-9-10-23-11-12-24(21(4)42)38-26(23)16-22/h9-14,16,19-21,25,27,40,42H,7-8,15,17-18H2,1-6H3,(H,37,43)(H,39,46)/t20-,21+,25-,27-,32+/m0/s1. The lowest BCUT2D eigenvalue weighted by Gasteiger charge is -2.35. The number of esters is 1. The second-order valence-electron chi connectivity index (χ2n) is 12.5. The largest absolute Gasteiger partial charge is 0.460 e. The first-order valence-corrected chi connectivity index (χ1v) is 16.8. The Hall–Kier alpha value is -3.00. The molecular formula is C33H44Cl3N5O7. The average Bonchev–Trinajstić information content (AvgIpc) is 3.03. The van der Waals surface area contributed by atoms with Crippen molar-refractivity contribution in [2.45, 2.75) is 75.5 Å². The van der Waals surface area contributed by atoms with Crippen LogP contribution in [-0.2, 0) is 28.7 Å². The number of rotatable bonds is 13. The first-order valence-electron chi connectivity index (χ1n) is 15.6. The SMILES string of the molecule is COC[C@@](C)(C=Cc1ccc2ccc([C@@H](C)O)nc2c1)C(=O)N[C@H](C(=O)N[C@@H](C)C(=O)N1CCC[C@@H](C(=O)OCC(Cl)(Cl)Cl)N1)C(C)C. The average molecular weight is 729 g/mol. The summed E-state index contributed by atoms with van der Waals surface area (Å²) in [5, 5.41) is 17.6. The molecule has 2 aromatic rings. The lowest BCUT2D eigenvalue weighted by Crippen LogP contribution is -2.61. The molecule has 1 fully saturated rings. The van der Waals surface area contributed by atoms with E-state index in [1.54, 1.807) is 45.9 Å². The molecule has 0 spiro atoms. The van der Waals surface area contributed by atoms with Crippen LogP contribution in [0.15, 0.2) is 36.4 Å². The molecule has 0 bridgehead atoms. The van der Waals surface area contributed by atoms with E-state index in [9.17, 15) is 24.3 Å². The molecule has 1 saturated heterocycles. The Balaban J connectivity index is 1.68. The highest BCUT2D eigenvalue weighted by Crippen LogP contribution is 2.27. The second-order valence-corrected chi connectivity index (χ2v) is 15.0. The van der Waals surface area contributed by atoms with Crippen LogP contribution in [0.2, 0.25) is 0 Å². The third kappa shape index (κ3) is 11.0. The smallest absolute Gasteiger partial charge is 0.325 e. The van der Waals surface area contributed by atoms with Gasteiger partial charge in [0.15, 0.2) is 0 Å². The van der Waals surface area contributed by atoms with Gasteiger partial charge in [-0.3, -0.25) is 29.2 Å². The maximum Gasteiger partial charge on any atom is 0.325 e. The third-order valence-electron chi connectivity index (χ3n) is 7.85. The van der Waals surface area contributed by atoms with Gasteiger partial charge in [-0.1, -0.05) is 79.0 Å². The molecule has 4 N–H and O–H groups in total. The summed E-state index contributed by atoms with van der Waals surface area (Å²) in [6.07, 6.45) is 3.69. The van der Waals surface area contributed by atoms with Gasteiger partial charge < -0.3 is 25.2 Å². The zero-order valence-corrected chi connectivity index (χ0v) is 30.2. The summed E-state index contributed by atoms with van der Waals surface area (Å²) in [6, 6.07) is 6.52. The van der Waals surface area contributed by atoms with Gasteiger partial charge in [-0.25, -0.2) is 5.43 Å². The Kier molecular flexibility index (Phi) is 14.0. The Morgan fingerprint density at radius 1 is 1.10 bits per heavy atom. The van der Waals surface area contributed by atoms with Crippen LogP contribution in [0.25, 0.3) is 17.0 Å². The van der Waals surface area contributed by atoms with Crippen molar-refractivity contribution in [3.63, 3.8) is 0 Å². The van der Waals surface area contributed by atoms with Crippen molar-refractivity contribution in [3.8, 4) is 0 Å². The minimum Gasteiger partial charge on any atom is -0.460 e. The summed E-state index contributed by atoms with van der Waals surface area (Å²) in [7, 11) is 1.48. The lowest BCUT2D eigenvalue weighted by molar-refractivity contribution is -0.152. The molecule has 5 atom stereocenters. The van der Waals surface area contributed by atoms with Crippen molar-refractivity contribution in [2.24, 2.45) is 11.3 Å². The minimum atomic E-state index is -1.77. The normalized spacial score (nSPS) is 18.6. The summed E-state index contributed by atoms with van der Waals surface area (Å²) in [5.74, 6) is -2.47. The molecule has 0 radical (unpaired) electrons. The molecule has 1 aromatic carbocycles. The van der Waals surface area contributed by atoms with Gasteiger partial charge >= 0.3 is 5.97 Å². The summed E-state index contributed by atoms with van der Waals surface area (Å²) >= 11 is 17.0. The van der Waals surface area contributed by atoms with Crippen molar-refractivity contribution in [2.75, 3.05) is 26.9 Å². The molecule has 264 valence electrons. The number of fused-ring (bicyclic) bond motifs is 1. The number of pyridine rings is 1. The van der Waals surface area contributed by atoms with Gasteiger partial charge in [-0.2, -0.15) is 0 Å². The molecule has 1 aromatic heterocycles. The van der Waals surface area contributed by atoms with E-state index < -0.39 is 63.7 Å². The second kappa shape index (κ2) is 17.1. The van der Waals surface area contributed by atoms with E-state index in [0.29, 0.717) is 30.6 Å². The number of halogens is 3. The summed E-state index contributed by atoms with van der Waals surface area (Å²) in [6.45, 7) is 8.32. The van der Waals surface area contributed by atoms with Gasteiger partial charge in [0.1, 0.15) is 24.7 Å². The molecule has 15 heteroatoms. The highest BCUT2D eigenvalue weighted by atomic mass is 35.6. The number of carbonyl (C=O) groups is 4. The number of hydrogen-bond donors (Lipinski definition) is 4. The lowest BCUT2D eigenvalue weighted by atomic mass is 9.88. The van der Waals surface area contributed by atoms with Gasteiger partial charge in [0.05, 0.1) is 29.3 Å². The Bertz CT molecular complexity index is 1500. The number of hydrazine groups is 1.